The van der Waals surface area contributed by atoms with Gasteiger partial charge < -0.3 is 9.80 Å². The van der Waals surface area contributed by atoms with E-state index in [1.807, 2.05) is 17.8 Å². The van der Waals surface area contributed by atoms with E-state index in [-0.39, 0.29) is 5.92 Å². The fourth-order valence-electron chi connectivity index (χ4n) is 3.39. The zero-order chi connectivity index (χ0) is 15.6. The topological polar surface area (TPSA) is 36.4 Å². The van der Waals surface area contributed by atoms with Crippen molar-refractivity contribution >= 4 is 44.4 Å². The van der Waals surface area contributed by atoms with Crippen molar-refractivity contribution in [1.82, 2.24) is 9.88 Å². The number of fused-ring (bicyclic) bond motifs is 1. The average molecular weight is 348 g/mol. The second-order valence-electron chi connectivity index (χ2n) is 6.19. The molecule has 1 aromatic heterocycles. The number of nitrogens with zero attached hydrogens (tertiary/aromatic N) is 3. The average Bonchev–Trinajstić information content (AvgIpc) is 3.06. The highest BCUT2D eigenvalue weighted by atomic mass is 32.2. The van der Waals surface area contributed by atoms with Gasteiger partial charge in [-0.05, 0) is 25.0 Å². The summed E-state index contributed by atoms with van der Waals surface area (Å²) in [4.78, 5) is 21.9. The lowest BCUT2D eigenvalue weighted by Crippen LogP contribution is -2.47. The van der Waals surface area contributed by atoms with Crippen molar-refractivity contribution in [3.63, 3.8) is 0 Å². The van der Waals surface area contributed by atoms with Crippen LogP contribution in [0.3, 0.4) is 0 Å². The molecule has 2 aliphatic rings. The van der Waals surface area contributed by atoms with Crippen LogP contribution < -0.4 is 4.90 Å². The number of aromatic nitrogens is 1. The lowest BCUT2D eigenvalue weighted by molar-refractivity contribution is -0.135. The molecule has 1 aromatic carbocycles. The van der Waals surface area contributed by atoms with E-state index in [2.05, 4.69) is 28.0 Å². The molecule has 23 heavy (non-hydrogen) atoms. The van der Waals surface area contributed by atoms with Gasteiger partial charge in [-0.15, -0.1) is 0 Å². The van der Waals surface area contributed by atoms with Crippen LogP contribution in [-0.2, 0) is 4.79 Å². The molecule has 0 bridgehead atoms. The third-order valence-electron chi connectivity index (χ3n) is 4.65. The Kier molecular flexibility index (Phi) is 4.44. The molecule has 0 radical (unpaired) electrons. The molecule has 0 spiro atoms. The maximum Gasteiger partial charge on any atom is 0.227 e. The van der Waals surface area contributed by atoms with Gasteiger partial charge in [0.15, 0.2) is 5.13 Å². The number of amides is 1. The van der Waals surface area contributed by atoms with Crippen molar-refractivity contribution in [2.45, 2.75) is 12.8 Å². The molecule has 6 heteroatoms. The fraction of sp³-hybridized carbons (Fsp3) is 0.529. The first-order valence-corrected chi connectivity index (χ1v) is 10.3. The number of anilines is 1. The van der Waals surface area contributed by atoms with Crippen LogP contribution in [-0.4, -0.2) is 53.5 Å². The maximum absolute atomic E-state index is 12.8. The van der Waals surface area contributed by atoms with E-state index in [1.54, 1.807) is 11.3 Å². The van der Waals surface area contributed by atoms with Crippen molar-refractivity contribution in [1.29, 1.82) is 0 Å². The van der Waals surface area contributed by atoms with E-state index in [0.717, 1.165) is 61.2 Å². The number of carbonyl (C=O) groups is 1. The number of benzene rings is 1. The number of piperidine rings is 1. The summed E-state index contributed by atoms with van der Waals surface area (Å²) >= 11 is 3.69. The lowest BCUT2D eigenvalue weighted by atomic mass is 9.97. The third-order valence-corrected chi connectivity index (χ3v) is 6.69. The fourth-order valence-corrected chi connectivity index (χ4v) is 5.29. The normalized spacial score (nSPS) is 22.5. The molecule has 2 aliphatic heterocycles. The molecule has 2 saturated heterocycles. The molecule has 4 nitrogen and oxygen atoms in total. The van der Waals surface area contributed by atoms with Crippen molar-refractivity contribution in [2.75, 3.05) is 42.6 Å². The molecule has 0 N–H and O–H groups in total. The van der Waals surface area contributed by atoms with Gasteiger partial charge in [0.1, 0.15) is 0 Å². The Hall–Kier alpha value is -1.27. The summed E-state index contributed by atoms with van der Waals surface area (Å²) in [5.74, 6) is 2.66. The zero-order valence-corrected chi connectivity index (χ0v) is 14.7. The molecular formula is C17H21N3OS2. The van der Waals surface area contributed by atoms with Crippen LogP contribution in [0.1, 0.15) is 12.8 Å². The van der Waals surface area contributed by atoms with Gasteiger partial charge in [-0.2, -0.15) is 11.8 Å². The Morgan fingerprint density at radius 2 is 2.00 bits per heavy atom. The summed E-state index contributed by atoms with van der Waals surface area (Å²) in [7, 11) is 0. The van der Waals surface area contributed by atoms with E-state index in [4.69, 9.17) is 4.98 Å². The summed E-state index contributed by atoms with van der Waals surface area (Å²) in [5, 5.41) is 1.07. The van der Waals surface area contributed by atoms with E-state index < -0.39 is 0 Å². The third kappa shape index (κ3) is 3.19. The van der Waals surface area contributed by atoms with Gasteiger partial charge in [0.25, 0.3) is 0 Å². The monoisotopic (exact) mass is 347 g/mol. The summed E-state index contributed by atoms with van der Waals surface area (Å²) in [6.07, 6.45) is 2.10. The number of hydrogen-bond donors (Lipinski definition) is 0. The lowest BCUT2D eigenvalue weighted by Gasteiger charge is -2.36. The molecule has 1 atom stereocenters. The SMILES string of the molecule is O=C(C1CCCN(c2nc3ccccc3s2)C1)N1CCSCC1. The summed E-state index contributed by atoms with van der Waals surface area (Å²) in [5.41, 5.74) is 1.06. The summed E-state index contributed by atoms with van der Waals surface area (Å²) < 4.78 is 1.23. The zero-order valence-electron chi connectivity index (χ0n) is 13.1. The smallest absolute Gasteiger partial charge is 0.227 e. The van der Waals surface area contributed by atoms with E-state index in [1.165, 1.54) is 4.70 Å². The van der Waals surface area contributed by atoms with Gasteiger partial charge in [0, 0.05) is 37.7 Å². The first-order chi connectivity index (χ1) is 11.3. The van der Waals surface area contributed by atoms with Gasteiger partial charge in [-0.25, -0.2) is 4.98 Å². The Balaban J connectivity index is 1.48. The van der Waals surface area contributed by atoms with E-state index in [9.17, 15) is 4.79 Å². The van der Waals surface area contributed by atoms with Gasteiger partial charge in [0.05, 0.1) is 16.1 Å². The van der Waals surface area contributed by atoms with E-state index in [0.29, 0.717) is 5.91 Å². The number of carbonyl (C=O) groups excluding carboxylic acids is 1. The number of hydrogen-bond acceptors (Lipinski definition) is 5. The van der Waals surface area contributed by atoms with Crippen LogP contribution in [0.4, 0.5) is 5.13 Å². The first kappa shape index (κ1) is 15.3. The molecule has 2 fully saturated rings. The van der Waals surface area contributed by atoms with Gasteiger partial charge in [-0.3, -0.25) is 4.79 Å². The van der Waals surface area contributed by atoms with Crippen molar-refractivity contribution in [3.8, 4) is 0 Å². The second-order valence-corrected chi connectivity index (χ2v) is 8.42. The van der Waals surface area contributed by atoms with Crippen LogP contribution in [0.25, 0.3) is 10.2 Å². The Bertz CT molecular complexity index is 663. The number of rotatable bonds is 2. The van der Waals surface area contributed by atoms with Gasteiger partial charge in [-0.1, -0.05) is 23.5 Å². The Morgan fingerprint density at radius 1 is 1.17 bits per heavy atom. The molecule has 122 valence electrons. The van der Waals surface area contributed by atoms with Crippen molar-refractivity contribution in [2.24, 2.45) is 5.92 Å². The van der Waals surface area contributed by atoms with Gasteiger partial charge in [0.2, 0.25) is 5.91 Å². The van der Waals surface area contributed by atoms with Crippen molar-refractivity contribution in [3.05, 3.63) is 24.3 Å². The highest BCUT2D eigenvalue weighted by Crippen LogP contribution is 2.32. The Labute approximate surface area is 144 Å². The van der Waals surface area contributed by atoms with Crippen LogP contribution in [0.2, 0.25) is 0 Å². The minimum atomic E-state index is 0.138. The highest BCUT2D eigenvalue weighted by molar-refractivity contribution is 7.99. The highest BCUT2D eigenvalue weighted by Gasteiger charge is 2.31. The number of thiazole rings is 1. The molecule has 1 unspecified atom stereocenters. The summed E-state index contributed by atoms with van der Waals surface area (Å²) in [6.45, 7) is 3.67. The molecular weight excluding hydrogens is 326 g/mol. The van der Waals surface area contributed by atoms with Crippen molar-refractivity contribution < 1.29 is 4.79 Å². The predicted molar refractivity (Wildman–Crippen MR) is 98.5 cm³/mol. The number of thioether (sulfide) groups is 1. The maximum atomic E-state index is 12.8. The predicted octanol–water partition coefficient (Wildman–Crippen LogP) is 3.09. The number of para-hydroxylation sites is 1. The van der Waals surface area contributed by atoms with Gasteiger partial charge >= 0.3 is 0 Å². The Morgan fingerprint density at radius 3 is 2.83 bits per heavy atom. The minimum absolute atomic E-state index is 0.138. The molecule has 2 aromatic rings. The van der Waals surface area contributed by atoms with Crippen LogP contribution in [0.5, 0.6) is 0 Å². The quantitative estimate of drug-likeness (QED) is 0.836. The molecule has 4 rings (SSSR count). The van der Waals surface area contributed by atoms with E-state index >= 15 is 0 Å². The molecule has 0 saturated carbocycles. The van der Waals surface area contributed by atoms with Crippen LogP contribution in [0, 0.1) is 5.92 Å². The van der Waals surface area contributed by atoms with Crippen LogP contribution >= 0.6 is 23.1 Å². The molecule has 0 aliphatic carbocycles. The second kappa shape index (κ2) is 6.69. The minimum Gasteiger partial charge on any atom is -0.347 e. The van der Waals surface area contributed by atoms with Crippen LogP contribution in [0.15, 0.2) is 24.3 Å². The largest absolute Gasteiger partial charge is 0.347 e. The first-order valence-electron chi connectivity index (χ1n) is 8.28. The standard InChI is InChI=1S/C17H21N3OS2/c21-16(19-8-10-22-11-9-19)13-4-3-7-20(12-13)17-18-14-5-1-2-6-15(14)23-17/h1-2,5-6,13H,3-4,7-12H2. The summed E-state index contributed by atoms with van der Waals surface area (Å²) in [6, 6.07) is 8.27. The molecule has 1 amide bonds. The molecule has 3 heterocycles.